The Hall–Kier alpha value is -3.20. The monoisotopic (exact) mass is 276 g/mol. The Kier molecular flexibility index (Phi) is 3.09. The second-order valence-corrected chi connectivity index (χ2v) is 4.57. The van der Waals surface area contributed by atoms with Crippen molar-refractivity contribution in [3.63, 3.8) is 0 Å². The third kappa shape index (κ3) is 2.44. The quantitative estimate of drug-likeness (QED) is 0.555. The molecule has 2 N–H and O–H groups in total. The average Bonchev–Trinajstić information content (AvgIpc) is 2.89. The van der Waals surface area contributed by atoms with Crippen molar-refractivity contribution in [2.75, 3.05) is 5.32 Å². The SMILES string of the molecule is Cc1cccc(C(=N)Nc2ccc3ncc(C#N)n3c2)n1. The highest BCUT2D eigenvalue weighted by atomic mass is 15.0. The molecule has 3 aromatic heterocycles. The maximum Gasteiger partial charge on any atom is 0.148 e. The van der Waals surface area contributed by atoms with E-state index < -0.39 is 0 Å². The van der Waals surface area contributed by atoms with Crippen LogP contribution in [-0.2, 0) is 0 Å². The van der Waals surface area contributed by atoms with Gasteiger partial charge in [0, 0.05) is 11.9 Å². The van der Waals surface area contributed by atoms with E-state index in [2.05, 4.69) is 21.4 Å². The van der Waals surface area contributed by atoms with E-state index in [0.29, 0.717) is 22.7 Å². The average molecular weight is 276 g/mol. The van der Waals surface area contributed by atoms with Crippen molar-refractivity contribution in [1.29, 1.82) is 10.7 Å². The summed E-state index contributed by atoms with van der Waals surface area (Å²) in [6.07, 6.45) is 3.26. The first kappa shape index (κ1) is 12.8. The third-order valence-electron chi connectivity index (χ3n) is 3.03. The number of pyridine rings is 2. The molecule has 0 aliphatic carbocycles. The van der Waals surface area contributed by atoms with Gasteiger partial charge in [-0.15, -0.1) is 0 Å². The smallest absolute Gasteiger partial charge is 0.148 e. The zero-order valence-electron chi connectivity index (χ0n) is 11.3. The highest BCUT2D eigenvalue weighted by molar-refractivity contribution is 6.04. The Morgan fingerprint density at radius 3 is 2.95 bits per heavy atom. The first-order valence-corrected chi connectivity index (χ1v) is 6.34. The topological polar surface area (TPSA) is 89.9 Å². The number of amidine groups is 1. The van der Waals surface area contributed by atoms with Crippen molar-refractivity contribution in [1.82, 2.24) is 14.4 Å². The molecule has 0 aliphatic rings. The molecule has 3 heterocycles. The molecule has 6 heteroatoms. The van der Waals surface area contributed by atoms with Crippen molar-refractivity contribution in [3.8, 4) is 6.07 Å². The van der Waals surface area contributed by atoms with E-state index in [9.17, 15) is 0 Å². The summed E-state index contributed by atoms with van der Waals surface area (Å²) in [5, 5.41) is 20.1. The fourth-order valence-electron chi connectivity index (χ4n) is 2.03. The highest BCUT2D eigenvalue weighted by Crippen LogP contribution is 2.13. The van der Waals surface area contributed by atoms with Gasteiger partial charge in [-0.05, 0) is 31.2 Å². The van der Waals surface area contributed by atoms with Crippen molar-refractivity contribution in [2.45, 2.75) is 6.92 Å². The van der Waals surface area contributed by atoms with Crippen LogP contribution in [0.15, 0.2) is 42.7 Å². The molecule has 0 spiro atoms. The summed E-state index contributed by atoms with van der Waals surface area (Å²) in [5.41, 5.74) is 3.27. The van der Waals surface area contributed by atoms with E-state index in [-0.39, 0.29) is 5.84 Å². The minimum absolute atomic E-state index is 0.205. The van der Waals surface area contributed by atoms with Crippen molar-refractivity contribution >= 4 is 17.2 Å². The number of hydrogen-bond acceptors (Lipinski definition) is 4. The van der Waals surface area contributed by atoms with Crippen LogP contribution in [0.1, 0.15) is 17.1 Å². The van der Waals surface area contributed by atoms with Gasteiger partial charge >= 0.3 is 0 Å². The van der Waals surface area contributed by atoms with Gasteiger partial charge in [0.05, 0.1) is 11.9 Å². The van der Waals surface area contributed by atoms with E-state index in [0.717, 1.165) is 5.69 Å². The van der Waals surface area contributed by atoms with Crippen LogP contribution in [-0.4, -0.2) is 20.2 Å². The van der Waals surface area contributed by atoms with Gasteiger partial charge in [0.15, 0.2) is 0 Å². The van der Waals surface area contributed by atoms with E-state index >= 15 is 0 Å². The molecule has 0 saturated heterocycles. The van der Waals surface area contributed by atoms with Gasteiger partial charge in [0.25, 0.3) is 0 Å². The molecule has 102 valence electrons. The second kappa shape index (κ2) is 5.06. The number of imidazole rings is 1. The second-order valence-electron chi connectivity index (χ2n) is 4.57. The predicted molar refractivity (Wildman–Crippen MR) is 79.3 cm³/mol. The molecule has 0 aliphatic heterocycles. The molecular weight excluding hydrogens is 264 g/mol. The number of fused-ring (bicyclic) bond motifs is 1. The minimum Gasteiger partial charge on any atom is -0.338 e. The fourth-order valence-corrected chi connectivity index (χ4v) is 2.03. The third-order valence-corrected chi connectivity index (χ3v) is 3.03. The van der Waals surface area contributed by atoms with Crippen LogP contribution < -0.4 is 5.32 Å². The van der Waals surface area contributed by atoms with Crippen molar-refractivity contribution in [2.24, 2.45) is 0 Å². The van der Waals surface area contributed by atoms with Crippen LogP contribution in [0, 0.1) is 23.7 Å². The number of anilines is 1. The zero-order chi connectivity index (χ0) is 14.8. The van der Waals surface area contributed by atoms with Crippen molar-refractivity contribution in [3.05, 3.63) is 59.8 Å². The standard InChI is InChI=1S/C15H12N6/c1-10-3-2-4-13(19-10)15(17)20-11-5-6-14-18-8-12(7-16)21(14)9-11/h2-6,8-9H,1H3,(H2,17,20). The summed E-state index contributed by atoms with van der Waals surface area (Å²) in [6.45, 7) is 1.88. The molecule has 0 aromatic carbocycles. The van der Waals surface area contributed by atoms with Gasteiger partial charge in [-0.2, -0.15) is 5.26 Å². The van der Waals surface area contributed by atoms with Crippen LogP contribution in [0.25, 0.3) is 5.65 Å². The molecule has 0 bridgehead atoms. The van der Waals surface area contributed by atoms with Crippen molar-refractivity contribution < 1.29 is 0 Å². The summed E-state index contributed by atoms with van der Waals surface area (Å²) in [6, 6.07) is 11.2. The minimum atomic E-state index is 0.205. The fraction of sp³-hybridized carbons (Fsp3) is 0.0667. The Bertz CT molecular complexity index is 871. The molecule has 3 aromatic rings. The Labute approximate surface area is 121 Å². The molecule has 0 saturated carbocycles. The Balaban J connectivity index is 1.91. The number of aromatic nitrogens is 3. The van der Waals surface area contributed by atoms with Gasteiger partial charge in [-0.25, -0.2) is 9.97 Å². The molecule has 0 unspecified atom stereocenters. The maximum absolute atomic E-state index is 9.02. The molecule has 0 radical (unpaired) electrons. The maximum atomic E-state index is 9.02. The van der Waals surface area contributed by atoms with E-state index in [4.69, 9.17) is 10.7 Å². The highest BCUT2D eigenvalue weighted by Gasteiger charge is 2.06. The van der Waals surface area contributed by atoms with Crippen LogP contribution in [0.2, 0.25) is 0 Å². The molecule has 6 nitrogen and oxygen atoms in total. The van der Waals surface area contributed by atoms with E-state index in [1.165, 1.54) is 6.20 Å². The molecule has 21 heavy (non-hydrogen) atoms. The van der Waals surface area contributed by atoms with Crippen LogP contribution >= 0.6 is 0 Å². The summed E-state index contributed by atoms with van der Waals surface area (Å²) >= 11 is 0. The first-order chi connectivity index (χ1) is 10.2. The lowest BCUT2D eigenvalue weighted by Gasteiger charge is -2.08. The number of aryl methyl sites for hydroxylation is 1. The van der Waals surface area contributed by atoms with Gasteiger partial charge in [0.2, 0.25) is 0 Å². The molecular formula is C15H12N6. The molecule has 3 rings (SSSR count). The van der Waals surface area contributed by atoms with Gasteiger partial charge < -0.3 is 5.32 Å². The van der Waals surface area contributed by atoms with E-state index in [1.54, 1.807) is 22.7 Å². The van der Waals surface area contributed by atoms with Gasteiger partial charge in [-0.1, -0.05) is 6.07 Å². The van der Waals surface area contributed by atoms with Crippen LogP contribution in [0.3, 0.4) is 0 Å². The summed E-state index contributed by atoms with van der Waals surface area (Å²) in [5.74, 6) is 0.205. The molecule has 0 fully saturated rings. The largest absolute Gasteiger partial charge is 0.338 e. The number of nitrogens with zero attached hydrogens (tertiary/aromatic N) is 4. The first-order valence-electron chi connectivity index (χ1n) is 6.34. The Morgan fingerprint density at radius 2 is 2.19 bits per heavy atom. The van der Waals surface area contributed by atoms with Crippen LogP contribution in [0.4, 0.5) is 5.69 Å². The van der Waals surface area contributed by atoms with Gasteiger partial charge in [-0.3, -0.25) is 9.81 Å². The van der Waals surface area contributed by atoms with E-state index in [1.807, 2.05) is 25.1 Å². The number of nitriles is 1. The Morgan fingerprint density at radius 1 is 1.33 bits per heavy atom. The number of hydrogen-bond donors (Lipinski definition) is 2. The predicted octanol–water partition coefficient (Wildman–Crippen LogP) is 2.35. The summed E-state index contributed by atoms with van der Waals surface area (Å²) in [7, 11) is 0. The zero-order valence-corrected chi connectivity index (χ0v) is 11.3. The van der Waals surface area contributed by atoms with Gasteiger partial charge in [0.1, 0.15) is 28.9 Å². The molecule has 0 amide bonds. The lowest BCUT2D eigenvalue weighted by Crippen LogP contribution is -2.14. The normalized spacial score (nSPS) is 10.3. The molecule has 0 atom stereocenters. The number of nitrogens with one attached hydrogen (secondary N) is 2. The number of rotatable bonds is 2. The lowest BCUT2D eigenvalue weighted by molar-refractivity contribution is 1.15. The lowest BCUT2D eigenvalue weighted by atomic mass is 10.3. The van der Waals surface area contributed by atoms with Crippen LogP contribution in [0.5, 0.6) is 0 Å². The summed E-state index contributed by atoms with van der Waals surface area (Å²) < 4.78 is 1.68. The summed E-state index contributed by atoms with van der Waals surface area (Å²) in [4.78, 5) is 8.42.